The molecule has 0 saturated carbocycles. The third kappa shape index (κ3) is 3.21. The first-order valence-electron chi connectivity index (χ1n) is 6.66. The molecule has 1 atom stereocenters. The van der Waals surface area contributed by atoms with Crippen molar-refractivity contribution in [2.24, 2.45) is 5.73 Å². The maximum Gasteiger partial charge on any atom is 0.133 e. The summed E-state index contributed by atoms with van der Waals surface area (Å²) in [6.45, 7) is 5.52. The van der Waals surface area contributed by atoms with Crippen molar-refractivity contribution in [1.29, 1.82) is 5.26 Å². The normalized spacial score (nSPS) is 11.8. The molecule has 0 aliphatic rings. The standard InChI is InChI=1S/C17H17FN2O/c1-10-6-13(9-19)7-11(2)17(10)21-16-5-4-14(18)8-15(16)12(3)20/h4-8,12H,20H2,1-3H3. The Morgan fingerprint density at radius 1 is 1.19 bits per heavy atom. The zero-order chi connectivity index (χ0) is 15.6. The molecule has 0 bridgehead atoms. The van der Waals surface area contributed by atoms with Gasteiger partial charge in [0.15, 0.2) is 0 Å². The van der Waals surface area contributed by atoms with Crippen LogP contribution in [-0.4, -0.2) is 0 Å². The third-order valence-corrected chi connectivity index (χ3v) is 3.26. The average molecular weight is 284 g/mol. The quantitative estimate of drug-likeness (QED) is 0.922. The van der Waals surface area contributed by atoms with Crippen LogP contribution in [0.2, 0.25) is 0 Å². The van der Waals surface area contributed by atoms with E-state index in [1.807, 2.05) is 13.8 Å². The van der Waals surface area contributed by atoms with Crippen LogP contribution in [0.15, 0.2) is 30.3 Å². The highest BCUT2D eigenvalue weighted by Crippen LogP contribution is 2.33. The highest BCUT2D eigenvalue weighted by atomic mass is 19.1. The van der Waals surface area contributed by atoms with Crippen molar-refractivity contribution >= 4 is 0 Å². The number of aryl methyl sites for hydroxylation is 2. The van der Waals surface area contributed by atoms with Gasteiger partial charge < -0.3 is 10.5 Å². The summed E-state index contributed by atoms with van der Waals surface area (Å²) >= 11 is 0. The van der Waals surface area contributed by atoms with E-state index >= 15 is 0 Å². The van der Waals surface area contributed by atoms with Crippen molar-refractivity contribution in [3.05, 3.63) is 58.4 Å². The predicted molar refractivity (Wildman–Crippen MR) is 79.7 cm³/mol. The number of halogens is 1. The van der Waals surface area contributed by atoms with Gasteiger partial charge in [0, 0.05) is 11.6 Å². The lowest BCUT2D eigenvalue weighted by molar-refractivity contribution is 0.462. The van der Waals surface area contributed by atoms with Gasteiger partial charge >= 0.3 is 0 Å². The van der Waals surface area contributed by atoms with E-state index in [0.29, 0.717) is 22.6 Å². The molecule has 0 aliphatic heterocycles. The van der Waals surface area contributed by atoms with Crippen LogP contribution in [0.5, 0.6) is 11.5 Å². The van der Waals surface area contributed by atoms with E-state index in [0.717, 1.165) is 11.1 Å². The molecule has 0 aromatic heterocycles. The fourth-order valence-corrected chi connectivity index (χ4v) is 2.25. The van der Waals surface area contributed by atoms with Crippen LogP contribution >= 0.6 is 0 Å². The van der Waals surface area contributed by atoms with Gasteiger partial charge in [0.05, 0.1) is 11.6 Å². The molecule has 2 rings (SSSR count). The molecule has 0 saturated heterocycles. The molecule has 0 radical (unpaired) electrons. The SMILES string of the molecule is Cc1cc(C#N)cc(C)c1Oc1ccc(F)cc1C(C)N. The second-order valence-electron chi connectivity index (χ2n) is 5.12. The highest BCUT2D eigenvalue weighted by Gasteiger charge is 2.13. The van der Waals surface area contributed by atoms with Crippen molar-refractivity contribution in [3.8, 4) is 17.6 Å². The molecule has 0 heterocycles. The third-order valence-electron chi connectivity index (χ3n) is 3.26. The summed E-state index contributed by atoms with van der Waals surface area (Å²) in [7, 11) is 0. The lowest BCUT2D eigenvalue weighted by Crippen LogP contribution is -2.07. The van der Waals surface area contributed by atoms with Crippen LogP contribution in [0.4, 0.5) is 4.39 Å². The molecule has 1 unspecified atom stereocenters. The number of nitrogens with zero attached hydrogens (tertiary/aromatic N) is 1. The van der Waals surface area contributed by atoms with E-state index in [4.69, 9.17) is 15.7 Å². The molecular formula is C17H17FN2O. The number of benzene rings is 2. The second-order valence-corrected chi connectivity index (χ2v) is 5.12. The molecule has 2 aromatic carbocycles. The van der Waals surface area contributed by atoms with Gasteiger partial charge in [-0.15, -0.1) is 0 Å². The van der Waals surface area contributed by atoms with Gasteiger partial charge in [-0.2, -0.15) is 5.26 Å². The monoisotopic (exact) mass is 284 g/mol. The number of hydrogen-bond donors (Lipinski definition) is 1. The topological polar surface area (TPSA) is 59.0 Å². The van der Waals surface area contributed by atoms with Gasteiger partial charge in [-0.05, 0) is 62.2 Å². The first-order chi connectivity index (χ1) is 9.92. The van der Waals surface area contributed by atoms with E-state index < -0.39 is 0 Å². The average Bonchev–Trinajstić information content (AvgIpc) is 2.43. The first-order valence-corrected chi connectivity index (χ1v) is 6.66. The van der Waals surface area contributed by atoms with E-state index in [2.05, 4.69) is 6.07 Å². The van der Waals surface area contributed by atoms with Crippen molar-refractivity contribution in [2.45, 2.75) is 26.8 Å². The fraction of sp³-hybridized carbons (Fsp3) is 0.235. The lowest BCUT2D eigenvalue weighted by Gasteiger charge is -2.17. The van der Waals surface area contributed by atoms with Gasteiger partial charge in [0.2, 0.25) is 0 Å². The van der Waals surface area contributed by atoms with E-state index in [1.165, 1.54) is 12.1 Å². The highest BCUT2D eigenvalue weighted by molar-refractivity contribution is 5.50. The van der Waals surface area contributed by atoms with Crippen LogP contribution in [-0.2, 0) is 0 Å². The molecule has 0 amide bonds. The van der Waals surface area contributed by atoms with Crippen molar-refractivity contribution in [1.82, 2.24) is 0 Å². The van der Waals surface area contributed by atoms with Gasteiger partial charge in [0.1, 0.15) is 17.3 Å². The van der Waals surface area contributed by atoms with E-state index in [1.54, 1.807) is 25.1 Å². The molecule has 3 nitrogen and oxygen atoms in total. The molecule has 0 spiro atoms. The Bertz CT molecular complexity index is 694. The number of nitrogens with two attached hydrogens (primary N) is 1. The number of rotatable bonds is 3. The minimum atomic E-state index is -0.345. The van der Waals surface area contributed by atoms with Crippen LogP contribution in [0.1, 0.15) is 35.2 Å². The maximum atomic E-state index is 13.4. The van der Waals surface area contributed by atoms with E-state index in [-0.39, 0.29) is 11.9 Å². The molecule has 108 valence electrons. The predicted octanol–water partition coefficient (Wildman–Crippen LogP) is 4.13. The molecule has 2 aromatic rings. The Labute approximate surface area is 123 Å². The fourth-order valence-electron chi connectivity index (χ4n) is 2.25. The summed E-state index contributed by atoms with van der Waals surface area (Å²) in [5, 5.41) is 8.97. The Morgan fingerprint density at radius 2 is 1.81 bits per heavy atom. The first kappa shape index (κ1) is 15.0. The summed E-state index contributed by atoms with van der Waals surface area (Å²) in [5.74, 6) is 0.854. The molecule has 2 N–H and O–H groups in total. The molecule has 0 aliphatic carbocycles. The maximum absolute atomic E-state index is 13.4. The summed E-state index contributed by atoms with van der Waals surface area (Å²) in [6, 6.07) is 9.60. The Kier molecular flexibility index (Phi) is 4.25. The van der Waals surface area contributed by atoms with Crippen molar-refractivity contribution in [2.75, 3.05) is 0 Å². The van der Waals surface area contributed by atoms with Gasteiger partial charge in [-0.3, -0.25) is 0 Å². The Balaban J connectivity index is 2.46. The second kappa shape index (κ2) is 5.94. The summed E-state index contributed by atoms with van der Waals surface area (Å²) in [4.78, 5) is 0. The van der Waals surface area contributed by atoms with E-state index in [9.17, 15) is 4.39 Å². The minimum absolute atomic E-state index is 0.338. The zero-order valence-electron chi connectivity index (χ0n) is 12.3. The Hall–Kier alpha value is -2.38. The number of nitriles is 1. The van der Waals surface area contributed by atoms with Crippen LogP contribution in [0.3, 0.4) is 0 Å². The van der Waals surface area contributed by atoms with Gasteiger partial charge in [0.25, 0.3) is 0 Å². The number of ether oxygens (including phenoxy) is 1. The Morgan fingerprint density at radius 3 is 2.33 bits per heavy atom. The minimum Gasteiger partial charge on any atom is -0.456 e. The van der Waals surface area contributed by atoms with Crippen molar-refractivity contribution in [3.63, 3.8) is 0 Å². The van der Waals surface area contributed by atoms with Crippen molar-refractivity contribution < 1.29 is 9.13 Å². The summed E-state index contributed by atoms with van der Waals surface area (Å²) in [5.41, 5.74) is 8.77. The molecule has 4 heteroatoms. The van der Waals surface area contributed by atoms with Crippen LogP contribution in [0.25, 0.3) is 0 Å². The van der Waals surface area contributed by atoms with Gasteiger partial charge in [-0.25, -0.2) is 4.39 Å². The molecular weight excluding hydrogens is 267 g/mol. The molecule has 21 heavy (non-hydrogen) atoms. The number of hydrogen-bond acceptors (Lipinski definition) is 3. The summed E-state index contributed by atoms with van der Waals surface area (Å²) < 4.78 is 19.3. The summed E-state index contributed by atoms with van der Waals surface area (Å²) in [6.07, 6.45) is 0. The van der Waals surface area contributed by atoms with Gasteiger partial charge in [-0.1, -0.05) is 0 Å². The lowest BCUT2D eigenvalue weighted by atomic mass is 10.1. The van der Waals surface area contributed by atoms with Crippen LogP contribution < -0.4 is 10.5 Å². The zero-order valence-corrected chi connectivity index (χ0v) is 12.3. The smallest absolute Gasteiger partial charge is 0.133 e. The largest absolute Gasteiger partial charge is 0.456 e. The molecule has 0 fully saturated rings. The van der Waals surface area contributed by atoms with Crippen LogP contribution in [0, 0.1) is 31.0 Å².